The molecule has 0 radical (unpaired) electrons. The number of hydrogen-bond acceptors (Lipinski definition) is 2. The van der Waals surface area contributed by atoms with E-state index in [0.29, 0.717) is 6.04 Å². The fraction of sp³-hybridized carbons (Fsp3) is 0.385. The van der Waals surface area contributed by atoms with Gasteiger partial charge in [-0.3, -0.25) is 4.84 Å². The summed E-state index contributed by atoms with van der Waals surface area (Å²) in [5, 5.41) is 2.80. The van der Waals surface area contributed by atoms with E-state index in [1.165, 1.54) is 5.56 Å². The van der Waals surface area contributed by atoms with Crippen LogP contribution in [0, 0.1) is 0 Å². The van der Waals surface area contributed by atoms with Gasteiger partial charge in [0.25, 0.3) is 0 Å². The molecule has 0 unspecified atom stereocenters. The largest absolute Gasteiger partial charge is 0.269 e. The molecule has 0 N–H and O–H groups in total. The van der Waals surface area contributed by atoms with Crippen molar-refractivity contribution >= 4 is 17.3 Å². The topological polar surface area (TPSA) is 12.5 Å². The van der Waals surface area contributed by atoms with Gasteiger partial charge in [-0.15, -0.1) is 0 Å². The molecule has 0 amide bonds. The third-order valence-corrected chi connectivity index (χ3v) is 3.56. The fourth-order valence-electron chi connectivity index (χ4n) is 2.55. The number of halogens is 1. The summed E-state index contributed by atoms with van der Waals surface area (Å²) >= 11 is 6.01. The monoisotopic (exact) mass is 235 g/mol. The lowest BCUT2D eigenvalue weighted by molar-refractivity contribution is 0.0749. The molecule has 1 saturated heterocycles. The van der Waals surface area contributed by atoms with E-state index < -0.39 is 0 Å². The molecule has 1 aromatic carbocycles. The van der Waals surface area contributed by atoms with E-state index in [1.807, 2.05) is 23.3 Å². The Bertz CT molecular complexity index is 457. The maximum Gasteiger partial charge on any atom is 0.0921 e. The van der Waals surface area contributed by atoms with Gasteiger partial charge in [-0.05, 0) is 30.7 Å². The van der Waals surface area contributed by atoms with Crippen LogP contribution in [0.1, 0.15) is 18.9 Å². The average Bonchev–Trinajstić information content (AvgIpc) is 2.56. The Morgan fingerprint density at radius 1 is 1.56 bits per heavy atom. The molecule has 2 aliphatic rings. The van der Waals surface area contributed by atoms with Crippen molar-refractivity contribution in [2.24, 2.45) is 0 Å². The highest BCUT2D eigenvalue weighted by Gasteiger charge is 2.39. The van der Waals surface area contributed by atoms with Crippen molar-refractivity contribution in [1.82, 2.24) is 0 Å². The predicted molar refractivity (Wildman–Crippen MR) is 65.7 cm³/mol. The van der Waals surface area contributed by atoms with Crippen LogP contribution >= 0.6 is 11.6 Å². The SMILES string of the molecule is C=C(C)[C@@H]1C[C@@H]2Cc3cc(Cl)ccc3N1O2. The first kappa shape index (κ1) is 10.2. The zero-order chi connectivity index (χ0) is 11.3. The van der Waals surface area contributed by atoms with Crippen LogP contribution in [0.25, 0.3) is 0 Å². The standard InChI is InChI=1S/C13H14ClNO/c1-8(2)13-7-11-6-9-5-10(14)3-4-12(9)15(13)16-11/h3-5,11,13H,1,6-7H2,2H3/t11-,13-/m0/s1. The highest BCUT2D eigenvalue weighted by Crippen LogP contribution is 2.40. The highest BCUT2D eigenvalue weighted by molar-refractivity contribution is 6.30. The second kappa shape index (κ2) is 3.51. The molecule has 0 saturated carbocycles. The lowest BCUT2D eigenvalue weighted by Gasteiger charge is -2.30. The Labute approximate surface area is 100 Å². The van der Waals surface area contributed by atoms with Gasteiger partial charge >= 0.3 is 0 Å². The number of benzene rings is 1. The Morgan fingerprint density at radius 3 is 3.12 bits per heavy atom. The minimum Gasteiger partial charge on any atom is -0.269 e. The van der Waals surface area contributed by atoms with Crippen LogP contribution in [0.3, 0.4) is 0 Å². The molecule has 0 aromatic heterocycles. The second-order valence-electron chi connectivity index (χ2n) is 4.63. The van der Waals surface area contributed by atoms with Crippen molar-refractivity contribution in [1.29, 1.82) is 0 Å². The molecular weight excluding hydrogens is 222 g/mol. The third-order valence-electron chi connectivity index (χ3n) is 3.33. The van der Waals surface area contributed by atoms with Crippen LogP contribution in [0.4, 0.5) is 5.69 Å². The van der Waals surface area contributed by atoms with Crippen LogP contribution in [0.5, 0.6) is 0 Å². The smallest absolute Gasteiger partial charge is 0.0921 e. The zero-order valence-corrected chi connectivity index (χ0v) is 10.00. The highest BCUT2D eigenvalue weighted by atomic mass is 35.5. The Balaban J connectivity index is 2.05. The van der Waals surface area contributed by atoms with Gasteiger partial charge in [-0.1, -0.05) is 23.8 Å². The van der Waals surface area contributed by atoms with Gasteiger partial charge < -0.3 is 0 Å². The first-order valence-corrected chi connectivity index (χ1v) is 5.93. The maximum atomic E-state index is 6.01. The van der Waals surface area contributed by atoms with Gasteiger partial charge in [0.2, 0.25) is 0 Å². The summed E-state index contributed by atoms with van der Waals surface area (Å²) < 4.78 is 0. The Kier molecular flexibility index (Phi) is 2.23. The van der Waals surface area contributed by atoms with Gasteiger partial charge in [0.15, 0.2) is 0 Å². The number of hydroxylamine groups is 1. The molecule has 2 heterocycles. The Morgan fingerprint density at radius 2 is 2.38 bits per heavy atom. The minimum absolute atomic E-state index is 0.285. The molecule has 0 aliphatic carbocycles. The number of hydrogen-bond donors (Lipinski definition) is 0. The van der Waals surface area contributed by atoms with E-state index >= 15 is 0 Å². The lowest BCUT2D eigenvalue weighted by atomic mass is 10.0. The van der Waals surface area contributed by atoms with Crippen molar-refractivity contribution in [3.63, 3.8) is 0 Å². The molecule has 3 rings (SSSR count). The first-order valence-electron chi connectivity index (χ1n) is 5.55. The molecule has 2 aliphatic heterocycles. The number of nitrogens with zero attached hydrogens (tertiary/aromatic N) is 1. The summed E-state index contributed by atoms with van der Waals surface area (Å²) in [7, 11) is 0. The van der Waals surface area contributed by atoms with Crippen LogP contribution < -0.4 is 5.06 Å². The molecule has 1 fully saturated rings. The van der Waals surface area contributed by atoms with Crippen LogP contribution in [-0.4, -0.2) is 12.1 Å². The van der Waals surface area contributed by atoms with Crippen LogP contribution in [-0.2, 0) is 11.3 Å². The van der Waals surface area contributed by atoms with Gasteiger partial charge in [-0.2, -0.15) is 0 Å². The number of anilines is 1. The molecule has 0 spiro atoms. The van der Waals surface area contributed by atoms with Gasteiger partial charge in [0.1, 0.15) is 0 Å². The van der Waals surface area contributed by atoms with Crippen LogP contribution in [0.2, 0.25) is 5.02 Å². The van der Waals surface area contributed by atoms with Gasteiger partial charge in [0.05, 0.1) is 17.8 Å². The first-order chi connectivity index (χ1) is 7.65. The third kappa shape index (κ3) is 1.45. The summed E-state index contributed by atoms with van der Waals surface area (Å²) in [5.41, 5.74) is 3.59. The molecule has 2 bridgehead atoms. The molecule has 2 nitrogen and oxygen atoms in total. The summed E-state index contributed by atoms with van der Waals surface area (Å²) in [6.07, 6.45) is 2.27. The molecule has 84 valence electrons. The minimum atomic E-state index is 0.285. The van der Waals surface area contributed by atoms with Gasteiger partial charge in [0, 0.05) is 17.9 Å². The van der Waals surface area contributed by atoms with E-state index in [2.05, 4.69) is 13.5 Å². The van der Waals surface area contributed by atoms with E-state index in [0.717, 1.165) is 29.1 Å². The van der Waals surface area contributed by atoms with Crippen molar-refractivity contribution < 1.29 is 4.84 Å². The van der Waals surface area contributed by atoms with E-state index in [9.17, 15) is 0 Å². The summed E-state index contributed by atoms with van der Waals surface area (Å²) in [6.45, 7) is 6.10. The summed E-state index contributed by atoms with van der Waals surface area (Å²) in [5.74, 6) is 0. The lowest BCUT2D eigenvalue weighted by Crippen LogP contribution is -2.31. The molecule has 1 aromatic rings. The Hall–Kier alpha value is -0.990. The number of fused-ring (bicyclic) bond motifs is 4. The molecular formula is C13H14ClNO. The maximum absolute atomic E-state index is 6.01. The normalized spacial score (nSPS) is 26.8. The van der Waals surface area contributed by atoms with Crippen molar-refractivity contribution in [3.8, 4) is 0 Å². The zero-order valence-electron chi connectivity index (χ0n) is 9.24. The van der Waals surface area contributed by atoms with E-state index in [-0.39, 0.29) is 6.10 Å². The molecule has 3 heteroatoms. The van der Waals surface area contributed by atoms with Crippen LogP contribution in [0.15, 0.2) is 30.4 Å². The summed E-state index contributed by atoms with van der Waals surface area (Å²) in [6, 6.07) is 6.31. The van der Waals surface area contributed by atoms with E-state index in [1.54, 1.807) is 0 Å². The number of rotatable bonds is 1. The second-order valence-corrected chi connectivity index (χ2v) is 5.06. The predicted octanol–water partition coefficient (Wildman–Crippen LogP) is 3.35. The summed E-state index contributed by atoms with van der Waals surface area (Å²) in [4.78, 5) is 5.87. The molecule has 16 heavy (non-hydrogen) atoms. The molecule has 2 atom stereocenters. The quantitative estimate of drug-likeness (QED) is 0.693. The average molecular weight is 236 g/mol. The van der Waals surface area contributed by atoms with Gasteiger partial charge in [-0.25, -0.2) is 5.06 Å². The fourth-order valence-corrected chi connectivity index (χ4v) is 2.74. The van der Waals surface area contributed by atoms with Crippen molar-refractivity contribution in [2.75, 3.05) is 5.06 Å². The van der Waals surface area contributed by atoms with E-state index in [4.69, 9.17) is 16.4 Å². The van der Waals surface area contributed by atoms with Crippen molar-refractivity contribution in [3.05, 3.63) is 40.9 Å². The van der Waals surface area contributed by atoms with Crippen molar-refractivity contribution in [2.45, 2.75) is 31.9 Å².